The lowest BCUT2D eigenvalue weighted by Crippen LogP contribution is -2.45. The number of carbonyl (C=O) groups is 1. The van der Waals surface area contributed by atoms with E-state index in [2.05, 4.69) is 4.85 Å². The summed E-state index contributed by atoms with van der Waals surface area (Å²) in [5.74, 6) is 0. The second kappa shape index (κ2) is 5.18. The number of hydrogen-bond donors (Lipinski definition) is 0. The molecule has 0 unspecified atom stereocenters. The van der Waals surface area contributed by atoms with Gasteiger partial charge in [0.1, 0.15) is 5.60 Å². The van der Waals surface area contributed by atoms with Crippen LogP contribution in [0.15, 0.2) is 0 Å². The molecule has 1 heterocycles. The standard InChI is InChI=1S/C12H20N2O2S/c1-11(2,3)16-10(15)14-8-6-12(13-4,17-5)7-9-14/h6-9H2,1-3,5H3. The normalized spacial score (nSPS) is 19.6. The van der Waals surface area contributed by atoms with Gasteiger partial charge in [0.15, 0.2) is 0 Å². The van der Waals surface area contributed by atoms with Gasteiger partial charge in [-0.2, -0.15) is 0 Å². The van der Waals surface area contributed by atoms with Crippen molar-refractivity contribution in [3.63, 3.8) is 0 Å². The molecule has 0 aromatic carbocycles. The third-order valence-corrected chi connectivity index (χ3v) is 4.04. The van der Waals surface area contributed by atoms with Gasteiger partial charge in [-0.25, -0.2) is 11.4 Å². The predicted octanol–water partition coefficient (Wildman–Crippen LogP) is 3.00. The van der Waals surface area contributed by atoms with E-state index < -0.39 is 5.60 Å². The zero-order valence-corrected chi connectivity index (χ0v) is 11.8. The van der Waals surface area contributed by atoms with Crippen LogP contribution in [0, 0.1) is 6.57 Å². The highest BCUT2D eigenvalue weighted by Gasteiger charge is 2.41. The second-order valence-corrected chi connectivity index (χ2v) is 6.40. The molecule has 1 aliphatic heterocycles. The van der Waals surface area contributed by atoms with Gasteiger partial charge < -0.3 is 9.64 Å². The van der Waals surface area contributed by atoms with Gasteiger partial charge in [0.25, 0.3) is 4.87 Å². The van der Waals surface area contributed by atoms with Gasteiger partial charge in [-0.1, -0.05) is 11.8 Å². The smallest absolute Gasteiger partial charge is 0.410 e. The zero-order valence-electron chi connectivity index (χ0n) is 10.9. The fourth-order valence-corrected chi connectivity index (χ4v) is 2.41. The van der Waals surface area contributed by atoms with Crippen LogP contribution in [-0.2, 0) is 4.74 Å². The van der Waals surface area contributed by atoms with Gasteiger partial charge in [0.2, 0.25) is 0 Å². The maximum absolute atomic E-state index is 11.8. The first-order valence-electron chi connectivity index (χ1n) is 5.74. The molecule has 0 aliphatic carbocycles. The minimum Gasteiger partial charge on any atom is -0.444 e. The van der Waals surface area contributed by atoms with E-state index in [1.165, 1.54) is 0 Å². The van der Waals surface area contributed by atoms with E-state index in [9.17, 15) is 4.79 Å². The third-order valence-electron chi connectivity index (χ3n) is 2.78. The minimum absolute atomic E-state index is 0.266. The molecule has 5 heteroatoms. The third kappa shape index (κ3) is 3.81. The molecule has 1 rings (SSSR count). The predicted molar refractivity (Wildman–Crippen MR) is 69.9 cm³/mol. The summed E-state index contributed by atoms with van der Waals surface area (Å²) in [4.78, 5) is 16.9. The maximum atomic E-state index is 11.8. The lowest BCUT2D eigenvalue weighted by Gasteiger charge is -2.34. The van der Waals surface area contributed by atoms with Crippen LogP contribution in [0.3, 0.4) is 0 Å². The fraction of sp³-hybridized carbons (Fsp3) is 0.833. The van der Waals surface area contributed by atoms with Crippen LogP contribution in [0.2, 0.25) is 0 Å². The Kier molecular flexibility index (Phi) is 4.31. The number of rotatable bonds is 1. The summed E-state index contributed by atoms with van der Waals surface area (Å²) in [5, 5.41) is 0. The van der Waals surface area contributed by atoms with Crippen molar-refractivity contribution in [2.24, 2.45) is 0 Å². The van der Waals surface area contributed by atoms with E-state index in [4.69, 9.17) is 11.3 Å². The van der Waals surface area contributed by atoms with Crippen LogP contribution < -0.4 is 0 Å². The van der Waals surface area contributed by atoms with Gasteiger partial charge in [-0.15, -0.1) is 0 Å². The summed E-state index contributed by atoms with van der Waals surface area (Å²) < 4.78 is 5.32. The average molecular weight is 256 g/mol. The van der Waals surface area contributed by atoms with Crippen molar-refractivity contribution >= 4 is 17.9 Å². The number of hydrogen-bond acceptors (Lipinski definition) is 3. The van der Waals surface area contributed by atoms with Crippen molar-refractivity contribution in [3.05, 3.63) is 11.4 Å². The van der Waals surface area contributed by atoms with Crippen LogP contribution in [0.5, 0.6) is 0 Å². The Hall–Kier alpha value is -0.890. The lowest BCUT2D eigenvalue weighted by molar-refractivity contribution is 0.0206. The quantitative estimate of drug-likeness (QED) is 0.676. The maximum Gasteiger partial charge on any atom is 0.410 e. The number of piperidine rings is 1. The van der Waals surface area contributed by atoms with E-state index >= 15 is 0 Å². The summed E-state index contributed by atoms with van der Waals surface area (Å²) in [6.45, 7) is 14.0. The van der Waals surface area contributed by atoms with Gasteiger partial charge in [-0.05, 0) is 27.0 Å². The highest BCUT2D eigenvalue weighted by atomic mass is 32.2. The van der Waals surface area contributed by atoms with E-state index in [1.54, 1.807) is 16.7 Å². The second-order valence-electron chi connectivity index (χ2n) is 5.23. The van der Waals surface area contributed by atoms with E-state index in [0.717, 1.165) is 12.8 Å². The monoisotopic (exact) mass is 256 g/mol. The summed E-state index contributed by atoms with van der Waals surface area (Å²) in [6, 6.07) is 0. The van der Waals surface area contributed by atoms with Crippen molar-refractivity contribution in [1.29, 1.82) is 0 Å². The summed E-state index contributed by atoms with van der Waals surface area (Å²) in [5.41, 5.74) is -0.453. The van der Waals surface area contributed by atoms with Crippen molar-refractivity contribution in [3.8, 4) is 0 Å². The van der Waals surface area contributed by atoms with Gasteiger partial charge in [0, 0.05) is 13.1 Å². The summed E-state index contributed by atoms with van der Waals surface area (Å²) in [7, 11) is 0. The first kappa shape index (κ1) is 14.2. The molecule has 17 heavy (non-hydrogen) atoms. The highest BCUT2D eigenvalue weighted by molar-refractivity contribution is 8.00. The first-order valence-corrected chi connectivity index (χ1v) is 6.96. The largest absolute Gasteiger partial charge is 0.444 e. The molecule has 1 aliphatic rings. The minimum atomic E-state index is -0.453. The lowest BCUT2D eigenvalue weighted by atomic mass is 10.1. The Bertz CT molecular complexity index is 322. The van der Waals surface area contributed by atoms with E-state index in [0.29, 0.717) is 13.1 Å². The molecule has 1 fully saturated rings. The molecule has 0 radical (unpaired) electrons. The SMILES string of the molecule is [C-]#[N+]C1(SC)CCN(C(=O)OC(C)(C)C)CC1. The van der Waals surface area contributed by atoms with Crippen LogP contribution >= 0.6 is 11.8 Å². The van der Waals surface area contributed by atoms with Crippen molar-refractivity contribution in [2.45, 2.75) is 44.1 Å². The van der Waals surface area contributed by atoms with Crippen LogP contribution in [-0.4, -0.2) is 40.8 Å². The number of thioether (sulfide) groups is 1. The molecule has 0 aromatic heterocycles. The Morgan fingerprint density at radius 3 is 2.29 bits per heavy atom. The number of likely N-dealkylation sites (tertiary alicyclic amines) is 1. The van der Waals surface area contributed by atoms with Gasteiger partial charge in [-0.3, -0.25) is 4.85 Å². The first-order chi connectivity index (χ1) is 7.82. The van der Waals surface area contributed by atoms with Crippen LogP contribution in [0.25, 0.3) is 4.85 Å². The fourth-order valence-electron chi connectivity index (χ4n) is 1.73. The molecule has 0 atom stereocenters. The van der Waals surface area contributed by atoms with Crippen molar-refractivity contribution in [2.75, 3.05) is 19.3 Å². The topological polar surface area (TPSA) is 33.9 Å². The number of amides is 1. The van der Waals surface area contributed by atoms with Gasteiger partial charge in [0.05, 0.1) is 12.8 Å². The molecule has 0 aromatic rings. The van der Waals surface area contributed by atoms with E-state index in [-0.39, 0.29) is 11.0 Å². The molecule has 0 spiro atoms. The number of ether oxygens (including phenoxy) is 1. The Balaban J connectivity index is 2.53. The Labute approximate surface area is 108 Å². The number of nitrogens with zero attached hydrogens (tertiary/aromatic N) is 2. The Morgan fingerprint density at radius 1 is 1.41 bits per heavy atom. The number of carbonyl (C=O) groups excluding carboxylic acids is 1. The van der Waals surface area contributed by atoms with Crippen molar-refractivity contribution < 1.29 is 9.53 Å². The zero-order chi connectivity index (χ0) is 13.1. The van der Waals surface area contributed by atoms with Crippen LogP contribution in [0.4, 0.5) is 4.79 Å². The summed E-state index contributed by atoms with van der Waals surface area (Å²) in [6.07, 6.45) is 3.13. The van der Waals surface area contributed by atoms with Gasteiger partial charge >= 0.3 is 6.09 Å². The molecule has 4 nitrogen and oxygen atoms in total. The molecular formula is C12H20N2O2S. The van der Waals surface area contributed by atoms with Crippen molar-refractivity contribution in [1.82, 2.24) is 4.90 Å². The highest BCUT2D eigenvalue weighted by Crippen LogP contribution is 2.36. The Morgan fingerprint density at radius 2 is 1.94 bits per heavy atom. The van der Waals surface area contributed by atoms with Crippen LogP contribution in [0.1, 0.15) is 33.6 Å². The van der Waals surface area contributed by atoms with E-state index in [1.807, 2.05) is 27.0 Å². The molecule has 96 valence electrons. The molecule has 0 N–H and O–H groups in total. The molecule has 0 bridgehead atoms. The molecular weight excluding hydrogens is 236 g/mol. The summed E-state index contributed by atoms with van der Waals surface area (Å²) >= 11 is 1.59. The molecule has 0 saturated carbocycles. The average Bonchev–Trinajstić information content (AvgIpc) is 2.27. The molecule has 1 amide bonds. The molecule has 1 saturated heterocycles.